The molecular formula is C17H21N3. The van der Waals surface area contributed by atoms with Gasteiger partial charge in [0.15, 0.2) is 0 Å². The molecule has 2 fully saturated rings. The third-order valence-electron chi connectivity index (χ3n) is 4.76. The molecule has 0 unspecified atom stereocenters. The first kappa shape index (κ1) is 12.2. The quantitative estimate of drug-likeness (QED) is 0.861. The van der Waals surface area contributed by atoms with Crippen molar-refractivity contribution in [1.29, 1.82) is 0 Å². The first-order valence-corrected chi connectivity index (χ1v) is 7.66. The maximum atomic E-state index is 4.66. The molecule has 2 aliphatic rings. The summed E-state index contributed by atoms with van der Waals surface area (Å²) in [5.74, 6) is 0.816. The van der Waals surface area contributed by atoms with Crippen LogP contribution >= 0.6 is 0 Å². The molecule has 0 bridgehead atoms. The summed E-state index contributed by atoms with van der Waals surface area (Å²) in [6.45, 7) is 5.60. The lowest BCUT2D eigenvalue weighted by Gasteiger charge is -2.24. The van der Waals surface area contributed by atoms with Crippen LogP contribution in [0.2, 0.25) is 0 Å². The maximum Gasteiger partial charge on any atom is 0.0726 e. The third kappa shape index (κ3) is 1.97. The van der Waals surface area contributed by atoms with Gasteiger partial charge in [-0.3, -0.25) is 4.98 Å². The van der Waals surface area contributed by atoms with Crippen LogP contribution in [0.25, 0.3) is 10.9 Å². The molecule has 2 aliphatic heterocycles. The summed E-state index contributed by atoms with van der Waals surface area (Å²) in [6.07, 6.45) is 2.70. The third-order valence-corrected chi connectivity index (χ3v) is 4.76. The number of benzene rings is 1. The average molecular weight is 267 g/mol. The van der Waals surface area contributed by atoms with Crippen LogP contribution < -0.4 is 10.2 Å². The van der Waals surface area contributed by atoms with Gasteiger partial charge in [-0.15, -0.1) is 0 Å². The van der Waals surface area contributed by atoms with Crippen LogP contribution in [0.3, 0.4) is 0 Å². The van der Waals surface area contributed by atoms with Gasteiger partial charge in [0.05, 0.1) is 5.52 Å². The molecule has 3 nitrogen and oxygen atoms in total. The van der Waals surface area contributed by atoms with Gasteiger partial charge in [-0.05, 0) is 44.4 Å². The number of anilines is 1. The Morgan fingerprint density at radius 2 is 2.15 bits per heavy atom. The van der Waals surface area contributed by atoms with E-state index in [9.17, 15) is 0 Å². The van der Waals surface area contributed by atoms with Crippen molar-refractivity contribution in [3.63, 3.8) is 0 Å². The number of rotatable bonds is 1. The first-order valence-electron chi connectivity index (χ1n) is 7.66. The number of aryl methyl sites for hydroxylation is 1. The highest BCUT2D eigenvalue weighted by Crippen LogP contribution is 2.33. The lowest BCUT2D eigenvalue weighted by Crippen LogP contribution is -2.40. The first-order chi connectivity index (χ1) is 9.81. The minimum atomic E-state index is 0.677. The zero-order chi connectivity index (χ0) is 13.5. The number of fused-ring (bicyclic) bond motifs is 2. The van der Waals surface area contributed by atoms with E-state index in [2.05, 4.69) is 52.5 Å². The Labute approximate surface area is 120 Å². The molecule has 2 saturated heterocycles. The van der Waals surface area contributed by atoms with E-state index in [0.717, 1.165) is 23.7 Å². The van der Waals surface area contributed by atoms with Crippen LogP contribution in [-0.4, -0.2) is 30.7 Å². The monoisotopic (exact) mass is 267 g/mol. The van der Waals surface area contributed by atoms with E-state index in [-0.39, 0.29) is 0 Å². The second kappa shape index (κ2) is 4.74. The lowest BCUT2D eigenvalue weighted by molar-refractivity contribution is 0.340. The van der Waals surface area contributed by atoms with Gasteiger partial charge in [0.2, 0.25) is 0 Å². The molecule has 104 valence electrons. The predicted molar refractivity (Wildman–Crippen MR) is 83.2 cm³/mol. The van der Waals surface area contributed by atoms with Crippen LogP contribution in [0.15, 0.2) is 30.3 Å². The molecule has 0 amide bonds. The van der Waals surface area contributed by atoms with E-state index in [1.165, 1.54) is 37.0 Å². The summed E-state index contributed by atoms with van der Waals surface area (Å²) < 4.78 is 0. The molecule has 0 spiro atoms. The highest BCUT2D eigenvalue weighted by atomic mass is 15.2. The highest BCUT2D eigenvalue weighted by Gasteiger charge is 2.34. The summed E-state index contributed by atoms with van der Waals surface area (Å²) >= 11 is 0. The summed E-state index contributed by atoms with van der Waals surface area (Å²) in [7, 11) is 0. The molecule has 2 aromatic rings. The molecule has 2 atom stereocenters. The molecule has 1 aromatic heterocycles. The second-order valence-electron chi connectivity index (χ2n) is 6.17. The largest absolute Gasteiger partial charge is 0.369 e. The van der Waals surface area contributed by atoms with Crippen LogP contribution in [-0.2, 0) is 0 Å². The van der Waals surface area contributed by atoms with E-state index in [0.29, 0.717) is 6.04 Å². The zero-order valence-electron chi connectivity index (χ0n) is 12.0. The molecule has 0 radical (unpaired) electrons. The van der Waals surface area contributed by atoms with E-state index in [4.69, 9.17) is 0 Å². The van der Waals surface area contributed by atoms with Crippen LogP contribution in [0.5, 0.6) is 0 Å². The van der Waals surface area contributed by atoms with Gasteiger partial charge in [-0.25, -0.2) is 0 Å². The Hall–Kier alpha value is -1.61. The van der Waals surface area contributed by atoms with Gasteiger partial charge in [0, 0.05) is 35.9 Å². The number of nitrogens with zero attached hydrogens (tertiary/aromatic N) is 2. The Bertz CT molecular complexity index is 623. The van der Waals surface area contributed by atoms with Gasteiger partial charge in [-0.2, -0.15) is 0 Å². The molecule has 20 heavy (non-hydrogen) atoms. The predicted octanol–water partition coefficient (Wildman–Crippen LogP) is 2.73. The summed E-state index contributed by atoms with van der Waals surface area (Å²) in [5, 5.41) is 4.97. The second-order valence-corrected chi connectivity index (χ2v) is 6.17. The van der Waals surface area contributed by atoms with Crippen LogP contribution in [0.4, 0.5) is 5.69 Å². The molecule has 0 aliphatic carbocycles. The van der Waals surface area contributed by atoms with Gasteiger partial charge < -0.3 is 10.2 Å². The van der Waals surface area contributed by atoms with Crippen molar-refractivity contribution in [3.05, 3.63) is 36.0 Å². The van der Waals surface area contributed by atoms with Crippen LogP contribution in [0, 0.1) is 12.8 Å². The van der Waals surface area contributed by atoms with Crippen molar-refractivity contribution >= 4 is 16.6 Å². The van der Waals surface area contributed by atoms with Crippen LogP contribution in [0.1, 0.15) is 18.5 Å². The van der Waals surface area contributed by atoms with Gasteiger partial charge in [-0.1, -0.05) is 18.2 Å². The number of aromatic nitrogens is 1. The number of pyridine rings is 1. The molecule has 4 rings (SSSR count). The van der Waals surface area contributed by atoms with Crippen molar-refractivity contribution in [2.24, 2.45) is 5.92 Å². The smallest absolute Gasteiger partial charge is 0.0726 e. The minimum absolute atomic E-state index is 0.677. The topological polar surface area (TPSA) is 28.2 Å². The van der Waals surface area contributed by atoms with Crippen molar-refractivity contribution in [3.8, 4) is 0 Å². The van der Waals surface area contributed by atoms with E-state index in [1.54, 1.807) is 0 Å². The molecule has 1 aromatic carbocycles. The molecular weight excluding hydrogens is 246 g/mol. The summed E-state index contributed by atoms with van der Waals surface area (Å²) in [4.78, 5) is 7.22. The Balaban J connectivity index is 1.75. The molecule has 1 N–H and O–H groups in total. The number of para-hydroxylation sites is 1. The fraction of sp³-hybridized carbons (Fsp3) is 0.471. The lowest BCUT2D eigenvalue weighted by atomic mass is 9.94. The Morgan fingerprint density at radius 1 is 1.25 bits per heavy atom. The highest BCUT2D eigenvalue weighted by molar-refractivity contribution is 5.92. The summed E-state index contributed by atoms with van der Waals surface area (Å²) in [5.41, 5.74) is 3.59. The molecule has 3 heterocycles. The molecule has 3 heteroatoms. The Morgan fingerprint density at radius 3 is 3.05 bits per heavy atom. The zero-order valence-corrected chi connectivity index (χ0v) is 12.0. The average Bonchev–Trinajstić information content (AvgIpc) is 2.90. The molecule has 0 saturated carbocycles. The van der Waals surface area contributed by atoms with Crippen molar-refractivity contribution < 1.29 is 0 Å². The van der Waals surface area contributed by atoms with Crippen molar-refractivity contribution in [1.82, 2.24) is 10.3 Å². The SMILES string of the molecule is Cc1cc(N2C[C@@H]3CCCN[C@@H]3C2)c2ccccc2n1. The fourth-order valence-corrected chi connectivity index (χ4v) is 3.79. The van der Waals surface area contributed by atoms with E-state index < -0.39 is 0 Å². The van der Waals surface area contributed by atoms with E-state index in [1.807, 2.05) is 0 Å². The number of piperidine rings is 1. The normalized spacial score (nSPS) is 25.9. The maximum absolute atomic E-state index is 4.66. The fourth-order valence-electron chi connectivity index (χ4n) is 3.79. The van der Waals surface area contributed by atoms with Gasteiger partial charge in [0.1, 0.15) is 0 Å². The van der Waals surface area contributed by atoms with Gasteiger partial charge in [0.25, 0.3) is 0 Å². The minimum Gasteiger partial charge on any atom is -0.369 e. The number of nitrogens with one attached hydrogen (secondary N) is 1. The Kier molecular flexibility index (Phi) is 2.88. The number of hydrogen-bond donors (Lipinski definition) is 1. The van der Waals surface area contributed by atoms with E-state index >= 15 is 0 Å². The van der Waals surface area contributed by atoms with Crippen molar-refractivity contribution in [2.75, 3.05) is 24.5 Å². The summed E-state index contributed by atoms with van der Waals surface area (Å²) in [6, 6.07) is 11.4. The standard InChI is InChI=1S/C17H21N3/c1-12-9-17(14-6-2-3-7-15(14)19-12)20-10-13-5-4-8-18-16(13)11-20/h2-3,6-7,9,13,16,18H,4-5,8,10-11H2,1H3/t13-,16+/m0/s1. The van der Waals surface area contributed by atoms with Gasteiger partial charge >= 0.3 is 0 Å². The number of hydrogen-bond acceptors (Lipinski definition) is 3. The van der Waals surface area contributed by atoms with Crippen molar-refractivity contribution in [2.45, 2.75) is 25.8 Å².